The van der Waals surface area contributed by atoms with Crippen molar-refractivity contribution in [1.29, 1.82) is 0 Å². The highest BCUT2D eigenvalue weighted by molar-refractivity contribution is 7.89. The highest BCUT2D eigenvalue weighted by atomic mass is 35.5. The lowest BCUT2D eigenvalue weighted by atomic mass is 10.1. The van der Waals surface area contributed by atoms with Crippen LogP contribution in [0.2, 0.25) is 5.02 Å². The maximum Gasteiger partial charge on any atom is 0.339 e. The lowest BCUT2D eigenvalue weighted by Crippen LogP contribution is -2.23. The number of fused-ring (bicyclic) bond motifs is 1. The highest BCUT2D eigenvalue weighted by Gasteiger charge is 2.20. The zero-order chi connectivity index (χ0) is 21.9. The van der Waals surface area contributed by atoms with Gasteiger partial charge in [0.15, 0.2) is 6.61 Å². The fraction of sp³-hybridized carbons (Fsp3) is 0.143. The monoisotopic (exact) mass is 446 g/mol. The van der Waals surface area contributed by atoms with E-state index in [-0.39, 0.29) is 15.6 Å². The molecule has 1 N–H and O–H groups in total. The molecular weight excluding hydrogens is 428 g/mol. The van der Waals surface area contributed by atoms with Gasteiger partial charge in [-0.2, -0.15) is 0 Å². The molecule has 3 aromatic carbocycles. The summed E-state index contributed by atoms with van der Waals surface area (Å²) in [6, 6.07) is 16.5. The van der Waals surface area contributed by atoms with Crippen molar-refractivity contribution >= 4 is 50.0 Å². The van der Waals surface area contributed by atoms with Crippen LogP contribution in [0.3, 0.4) is 0 Å². The first-order valence-electron chi connectivity index (χ1n) is 8.87. The first-order valence-corrected chi connectivity index (χ1v) is 10.7. The molecule has 0 saturated heterocycles. The Hall–Kier alpha value is -2.94. The van der Waals surface area contributed by atoms with Gasteiger partial charge in [-0.1, -0.05) is 48.0 Å². The molecule has 0 unspecified atom stereocenters. The maximum atomic E-state index is 12.4. The quantitative estimate of drug-likeness (QED) is 0.584. The van der Waals surface area contributed by atoms with Crippen LogP contribution in [0.15, 0.2) is 65.6 Å². The fourth-order valence-corrected chi connectivity index (χ4v) is 3.86. The van der Waals surface area contributed by atoms with Gasteiger partial charge in [0.1, 0.15) is 0 Å². The molecule has 0 saturated carbocycles. The van der Waals surface area contributed by atoms with Gasteiger partial charge in [0, 0.05) is 14.1 Å². The molecule has 0 aliphatic rings. The number of carbonyl (C=O) groups excluding carboxylic acids is 2. The number of amides is 1. The second-order valence-corrected chi connectivity index (χ2v) is 9.14. The standard InChI is InChI=1S/C21H19ClN2O5S/c1-24(2)30(27,28)15-10-11-18(22)19(12-15)23-20(25)13-29-21(26)17-9-5-7-14-6-3-4-8-16(14)17/h3-12H,13H2,1-2H3,(H,23,25). The first-order chi connectivity index (χ1) is 14.2. The average Bonchev–Trinajstić information content (AvgIpc) is 2.73. The molecule has 3 rings (SSSR count). The van der Waals surface area contributed by atoms with Crippen LogP contribution in [0.25, 0.3) is 10.8 Å². The molecule has 0 aliphatic carbocycles. The van der Waals surface area contributed by atoms with Crippen molar-refractivity contribution in [3.63, 3.8) is 0 Å². The largest absolute Gasteiger partial charge is 0.452 e. The van der Waals surface area contributed by atoms with Gasteiger partial charge in [-0.3, -0.25) is 4.79 Å². The minimum absolute atomic E-state index is 0.0278. The molecule has 156 valence electrons. The predicted molar refractivity (Wildman–Crippen MR) is 115 cm³/mol. The molecule has 0 aromatic heterocycles. The molecule has 0 bridgehead atoms. The Morgan fingerprint density at radius 3 is 2.47 bits per heavy atom. The fourth-order valence-electron chi connectivity index (χ4n) is 2.77. The summed E-state index contributed by atoms with van der Waals surface area (Å²) in [5.41, 5.74) is 0.448. The van der Waals surface area contributed by atoms with Crippen LogP contribution in [0, 0.1) is 0 Å². The van der Waals surface area contributed by atoms with Crippen molar-refractivity contribution < 1.29 is 22.7 Å². The summed E-state index contributed by atoms with van der Waals surface area (Å²) in [5.74, 6) is -1.29. The molecule has 0 aliphatic heterocycles. The molecule has 7 nitrogen and oxygen atoms in total. The Labute approximate surface area is 179 Å². The van der Waals surface area contributed by atoms with Gasteiger partial charge in [-0.15, -0.1) is 0 Å². The molecule has 0 fully saturated rings. The first kappa shape index (κ1) is 21.8. The Morgan fingerprint density at radius 2 is 1.73 bits per heavy atom. The van der Waals surface area contributed by atoms with Crippen LogP contribution in [0.1, 0.15) is 10.4 Å². The summed E-state index contributed by atoms with van der Waals surface area (Å²) < 4.78 is 30.7. The predicted octanol–water partition coefficient (Wildman–Crippen LogP) is 3.54. The van der Waals surface area contributed by atoms with Crippen molar-refractivity contribution in [3.8, 4) is 0 Å². The van der Waals surface area contributed by atoms with E-state index in [9.17, 15) is 18.0 Å². The molecule has 9 heteroatoms. The molecule has 0 heterocycles. The zero-order valence-electron chi connectivity index (χ0n) is 16.3. The number of nitrogens with zero attached hydrogens (tertiary/aromatic N) is 1. The molecular formula is C21H19ClN2O5S. The smallest absolute Gasteiger partial charge is 0.339 e. The van der Waals surface area contributed by atoms with Crippen molar-refractivity contribution in [2.75, 3.05) is 26.0 Å². The number of benzene rings is 3. The minimum Gasteiger partial charge on any atom is -0.452 e. The van der Waals surface area contributed by atoms with E-state index in [0.717, 1.165) is 15.1 Å². The Bertz CT molecular complexity index is 1220. The molecule has 1 amide bonds. The average molecular weight is 447 g/mol. The summed E-state index contributed by atoms with van der Waals surface area (Å²) in [6.45, 7) is -0.553. The molecule has 3 aromatic rings. The number of nitrogens with one attached hydrogen (secondary N) is 1. The van der Waals surface area contributed by atoms with Gasteiger partial charge in [0.05, 0.1) is 21.2 Å². The Morgan fingerprint density at radius 1 is 1.03 bits per heavy atom. The van der Waals surface area contributed by atoms with Crippen LogP contribution in [-0.4, -0.2) is 45.3 Å². The van der Waals surface area contributed by atoms with E-state index in [1.165, 1.54) is 32.3 Å². The van der Waals surface area contributed by atoms with Crippen LogP contribution in [0.4, 0.5) is 5.69 Å². The summed E-state index contributed by atoms with van der Waals surface area (Å²) in [7, 11) is -0.901. The third-order valence-corrected chi connectivity index (χ3v) is 6.48. The van der Waals surface area contributed by atoms with Crippen molar-refractivity contribution in [3.05, 3.63) is 71.2 Å². The number of rotatable bonds is 6. The SMILES string of the molecule is CN(C)S(=O)(=O)c1ccc(Cl)c(NC(=O)COC(=O)c2cccc3ccccc23)c1. The number of hydrogen-bond acceptors (Lipinski definition) is 5. The maximum absolute atomic E-state index is 12.4. The second kappa shape index (κ2) is 8.83. The summed E-state index contributed by atoms with van der Waals surface area (Å²) >= 11 is 6.06. The van der Waals surface area contributed by atoms with Crippen molar-refractivity contribution in [1.82, 2.24) is 4.31 Å². The lowest BCUT2D eigenvalue weighted by Gasteiger charge is -2.14. The van der Waals surface area contributed by atoms with Crippen molar-refractivity contribution in [2.45, 2.75) is 4.90 Å². The van der Waals surface area contributed by atoms with Gasteiger partial charge in [-0.05, 0) is 35.0 Å². The normalized spacial score (nSPS) is 11.5. The molecule has 0 atom stereocenters. The Balaban J connectivity index is 1.71. The van der Waals surface area contributed by atoms with Crippen molar-refractivity contribution in [2.24, 2.45) is 0 Å². The number of ether oxygens (including phenoxy) is 1. The topological polar surface area (TPSA) is 92.8 Å². The molecule has 0 radical (unpaired) electrons. The lowest BCUT2D eigenvalue weighted by molar-refractivity contribution is -0.119. The van der Waals surface area contributed by atoms with E-state index >= 15 is 0 Å². The van der Waals surface area contributed by atoms with Gasteiger partial charge in [0.2, 0.25) is 10.0 Å². The van der Waals surface area contributed by atoms with E-state index in [0.29, 0.717) is 5.56 Å². The van der Waals surface area contributed by atoms with E-state index in [4.69, 9.17) is 16.3 Å². The van der Waals surface area contributed by atoms with Crippen LogP contribution >= 0.6 is 11.6 Å². The van der Waals surface area contributed by atoms with E-state index in [1.807, 2.05) is 24.3 Å². The summed E-state index contributed by atoms with van der Waals surface area (Å²) in [5, 5.41) is 4.22. The third kappa shape index (κ3) is 4.62. The van der Waals surface area contributed by atoms with Gasteiger partial charge < -0.3 is 10.1 Å². The van der Waals surface area contributed by atoms with Gasteiger partial charge in [-0.25, -0.2) is 17.5 Å². The Kier molecular flexibility index (Phi) is 6.40. The highest BCUT2D eigenvalue weighted by Crippen LogP contribution is 2.26. The van der Waals surface area contributed by atoms with E-state index in [2.05, 4.69) is 5.32 Å². The van der Waals surface area contributed by atoms with Crippen LogP contribution in [-0.2, 0) is 19.6 Å². The van der Waals surface area contributed by atoms with E-state index < -0.39 is 28.5 Å². The van der Waals surface area contributed by atoms with Gasteiger partial charge >= 0.3 is 5.97 Å². The molecule has 0 spiro atoms. The number of halogens is 1. The van der Waals surface area contributed by atoms with Crippen LogP contribution < -0.4 is 5.32 Å². The molecule has 30 heavy (non-hydrogen) atoms. The number of hydrogen-bond donors (Lipinski definition) is 1. The number of esters is 1. The second-order valence-electron chi connectivity index (χ2n) is 6.58. The number of carbonyl (C=O) groups is 2. The number of sulfonamides is 1. The summed E-state index contributed by atoms with van der Waals surface area (Å²) in [4.78, 5) is 24.7. The third-order valence-electron chi connectivity index (χ3n) is 4.33. The van der Waals surface area contributed by atoms with E-state index in [1.54, 1.807) is 18.2 Å². The minimum atomic E-state index is -3.70. The summed E-state index contributed by atoms with van der Waals surface area (Å²) in [6.07, 6.45) is 0. The van der Waals surface area contributed by atoms with Gasteiger partial charge in [0.25, 0.3) is 5.91 Å². The number of anilines is 1. The van der Waals surface area contributed by atoms with Crippen LogP contribution in [0.5, 0.6) is 0 Å². The zero-order valence-corrected chi connectivity index (χ0v) is 17.8.